The molecule has 2 radical (unpaired) electrons. The Morgan fingerprint density at radius 3 is 1.71 bits per heavy atom. The molecule has 1 heteroatoms. The van der Waals surface area contributed by atoms with E-state index < -0.39 is 0 Å². The smallest absolute Gasteiger partial charge is 0.0595 e. The van der Waals surface area contributed by atoms with Gasteiger partial charge in [0, 0.05) is 12.6 Å². The second-order valence-corrected chi connectivity index (χ2v) is 5.30. The summed E-state index contributed by atoms with van der Waals surface area (Å²) in [6.07, 6.45) is 0. The summed E-state index contributed by atoms with van der Waals surface area (Å²) < 4.78 is 0. The SMILES string of the molecule is [CH]c1cccc(C(C)(c2ccccc2)c2ccccc2)n1. The van der Waals surface area contributed by atoms with Gasteiger partial charge in [-0.25, -0.2) is 0 Å². The van der Waals surface area contributed by atoms with E-state index in [4.69, 9.17) is 6.92 Å². The fourth-order valence-corrected chi connectivity index (χ4v) is 2.74. The van der Waals surface area contributed by atoms with E-state index in [2.05, 4.69) is 60.4 Å². The standard InChI is InChI=1S/C20H17N/c1-16-10-9-15-19(21-16)20(2,17-11-5-3-6-12-17)18-13-7-4-8-14-18/h1,3-15H,2H3. The quantitative estimate of drug-likeness (QED) is 0.683. The van der Waals surface area contributed by atoms with Crippen molar-refractivity contribution in [2.45, 2.75) is 12.3 Å². The molecule has 21 heavy (non-hydrogen) atoms. The summed E-state index contributed by atoms with van der Waals surface area (Å²) in [5.41, 5.74) is 3.59. The predicted octanol–water partition coefficient (Wildman–Crippen LogP) is 4.50. The molecule has 0 atom stereocenters. The van der Waals surface area contributed by atoms with E-state index in [0.29, 0.717) is 5.69 Å². The van der Waals surface area contributed by atoms with E-state index in [-0.39, 0.29) is 5.41 Å². The van der Waals surface area contributed by atoms with E-state index in [9.17, 15) is 0 Å². The zero-order chi connectivity index (χ0) is 14.7. The molecule has 0 aliphatic rings. The minimum atomic E-state index is -0.322. The van der Waals surface area contributed by atoms with Crippen molar-refractivity contribution in [3.63, 3.8) is 0 Å². The third-order valence-electron chi connectivity index (χ3n) is 3.99. The van der Waals surface area contributed by atoms with Crippen LogP contribution < -0.4 is 0 Å². The molecule has 0 saturated heterocycles. The lowest BCUT2D eigenvalue weighted by Crippen LogP contribution is -2.26. The number of hydrogen-bond acceptors (Lipinski definition) is 1. The van der Waals surface area contributed by atoms with Crippen molar-refractivity contribution in [1.29, 1.82) is 0 Å². The lowest BCUT2D eigenvalue weighted by molar-refractivity contribution is 0.664. The maximum absolute atomic E-state index is 5.90. The Balaban J connectivity index is 2.25. The Bertz CT molecular complexity index is 678. The van der Waals surface area contributed by atoms with Crippen LogP contribution in [-0.2, 0) is 5.41 Å². The molecule has 3 rings (SSSR count). The normalized spacial score (nSPS) is 11.3. The van der Waals surface area contributed by atoms with Gasteiger partial charge in [0.1, 0.15) is 0 Å². The largest absolute Gasteiger partial charge is 0.256 e. The lowest BCUT2D eigenvalue weighted by atomic mass is 9.73. The van der Waals surface area contributed by atoms with Crippen LogP contribution in [0, 0.1) is 6.92 Å². The lowest BCUT2D eigenvalue weighted by Gasteiger charge is -2.30. The zero-order valence-corrected chi connectivity index (χ0v) is 12.0. The van der Waals surface area contributed by atoms with E-state index in [1.807, 2.05) is 30.3 Å². The summed E-state index contributed by atoms with van der Waals surface area (Å²) in [5, 5.41) is 0. The van der Waals surface area contributed by atoms with Gasteiger partial charge in [-0.1, -0.05) is 66.7 Å². The molecule has 102 valence electrons. The summed E-state index contributed by atoms with van der Waals surface area (Å²) in [7, 11) is 0. The highest BCUT2D eigenvalue weighted by Crippen LogP contribution is 2.37. The Morgan fingerprint density at radius 1 is 0.714 bits per heavy atom. The summed E-state index contributed by atoms with van der Waals surface area (Å²) in [6.45, 7) is 8.09. The molecule has 0 N–H and O–H groups in total. The van der Waals surface area contributed by atoms with Gasteiger partial charge < -0.3 is 0 Å². The molecule has 0 bridgehead atoms. The highest BCUT2D eigenvalue weighted by molar-refractivity contribution is 5.47. The number of nitrogens with zero attached hydrogens (tertiary/aromatic N) is 1. The Hall–Kier alpha value is -2.41. The molecule has 0 aliphatic carbocycles. The summed E-state index contributed by atoms with van der Waals surface area (Å²) in [5.74, 6) is 0. The average Bonchev–Trinajstić information content (AvgIpc) is 2.56. The van der Waals surface area contributed by atoms with Gasteiger partial charge in [0.25, 0.3) is 0 Å². The van der Waals surface area contributed by atoms with Crippen LogP contribution in [0.25, 0.3) is 0 Å². The third kappa shape index (κ3) is 2.47. The number of pyridine rings is 1. The third-order valence-corrected chi connectivity index (χ3v) is 3.99. The van der Waals surface area contributed by atoms with Crippen LogP contribution in [0.15, 0.2) is 78.9 Å². The van der Waals surface area contributed by atoms with Crippen molar-refractivity contribution in [3.8, 4) is 0 Å². The molecule has 1 aromatic heterocycles. The van der Waals surface area contributed by atoms with E-state index >= 15 is 0 Å². The minimum Gasteiger partial charge on any atom is -0.256 e. The van der Waals surface area contributed by atoms with Gasteiger partial charge >= 0.3 is 0 Å². The van der Waals surface area contributed by atoms with Crippen molar-refractivity contribution in [1.82, 2.24) is 4.98 Å². The number of aromatic nitrogens is 1. The molecule has 1 heterocycles. The van der Waals surface area contributed by atoms with Crippen LogP contribution in [0.5, 0.6) is 0 Å². The van der Waals surface area contributed by atoms with Crippen LogP contribution >= 0.6 is 0 Å². The summed E-state index contributed by atoms with van der Waals surface area (Å²) in [6, 6.07) is 26.7. The summed E-state index contributed by atoms with van der Waals surface area (Å²) in [4.78, 5) is 4.58. The van der Waals surface area contributed by atoms with Gasteiger partial charge in [-0.2, -0.15) is 0 Å². The maximum Gasteiger partial charge on any atom is 0.0595 e. The molecule has 3 aromatic rings. The monoisotopic (exact) mass is 271 g/mol. The van der Waals surface area contributed by atoms with Crippen LogP contribution in [0.3, 0.4) is 0 Å². The van der Waals surface area contributed by atoms with Gasteiger partial charge in [-0.15, -0.1) is 0 Å². The first kappa shape index (κ1) is 13.6. The Labute approximate surface area is 126 Å². The van der Waals surface area contributed by atoms with Crippen molar-refractivity contribution in [3.05, 3.63) is 108 Å². The maximum atomic E-state index is 5.90. The van der Waals surface area contributed by atoms with Gasteiger partial charge in [0.2, 0.25) is 0 Å². The predicted molar refractivity (Wildman–Crippen MR) is 86.1 cm³/mol. The van der Waals surface area contributed by atoms with Gasteiger partial charge in [0.05, 0.1) is 11.1 Å². The number of benzene rings is 2. The minimum absolute atomic E-state index is 0.322. The molecule has 0 aliphatic heterocycles. The highest BCUT2D eigenvalue weighted by Gasteiger charge is 2.32. The molecule has 0 amide bonds. The second kappa shape index (κ2) is 5.53. The highest BCUT2D eigenvalue weighted by atomic mass is 14.7. The topological polar surface area (TPSA) is 12.9 Å². The molecule has 1 nitrogen and oxygen atoms in total. The average molecular weight is 271 g/mol. The first-order chi connectivity index (χ1) is 10.2. The van der Waals surface area contributed by atoms with Crippen LogP contribution in [0.4, 0.5) is 0 Å². The molecule has 0 saturated carbocycles. The fraction of sp³-hybridized carbons (Fsp3) is 0.100. The molecule has 0 unspecified atom stereocenters. The van der Waals surface area contributed by atoms with E-state index in [1.165, 1.54) is 11.1 Å². The van der Waals surface area contributed by atoms with Gasteiger partial charge in [0.15, 0.2) is 0 Å². The van der Waals surface area contributed by atoms with Crippen molar-refractivity contribution >= 4 is 0 Å². The Morgan fingerprint density at radius 2 is 1.24 bits per heavy atom. The molecule has 0 spiro atoms. The van der Waals surface area contributed by atoms with Crippen molar-refractivity contribution < 1.29 is 0 Å². The number of rotatable bonds is 3. The molecular formula is C20H17N. The Kier molecular flexibility index (Phi) is 3.57. The van der Waals surface area contributed by atoms with Gasteiger partial charge in [-0.05, 0) is 30.2 Å². The van der Waals surface area contributed by atoms with Crippen LogP contribution in [0.1, 0.15) is 29.4 Å². The molecule has 2 aromatic carbocycles. The van der Waals surface area contributed by atoms with E-state index in [1.54, 1.807) is 0 Å². The van der Waals surface area contributed by atoms with Gasteiger partial charge in [-0.3, -0.25) is 4.98 Å². The fourth-order valence-electron chi connectivity index (χ4n) is 2.74. The van der Waals surface area contributed by atoms with E-state index in [0.717, 1.165) is 5.69 Å². The second-order valence-electron chi connectivity index (χ2n) is 5.30. The first-order valence-corrected chi connectivity index (χ1v) is 7.05. The van der Waals surface area contributed by atoms with Crippen LogP contribution in [-0.4, -0.2) is 4.98 Å². The summed E-state index contributed by atoms with van der Waals surface area (Å²) >= 11 is 0. The molecular weight excluding hydrogens is 254 g/mol. The first-order valence-electron chi connectivity index (χ1n) is 7.05. The zero-order valence-electron chi connectivity index (χ0n) is 12.0. The van der Waals surface area contributed by atoms with Crippen molar-refractivity contribution in [2.75, 3.05) is 0 Å². The molecule has 0 fully saturated rings. The van der Waals surface area contributed by atoms with Crippen LogP contribution in [0.2, 0.25) is 0 Å². The number of hydrogen-bond donors (Lipinski definition) is 0. The van der Waals surface area contributed by atoms with Crippen molar-refractivity contribution in [2.24, 2.45) is 0 Å².